The summed E-state index contributed by atoms with van der Waals surface area (Å²) in [7, 11) is -3.68. The van der Waals surface area contributed by atoms with Crippen LogP contribution < -0.4 is 5.32 Å². The van der Waals surface area contributed by atoms with Crippen LogP contribution in [0.5, 0.6) is 0 Å². The van der Waals surface area contributed by atoms with Crippen molar-refractivity contribution in [3.8, 4) is 11.3 Å². The van der Waals surface area contributed by atoms with E-state index in [1.807, 2.05) is 0 Å². The van der Waals surface area contributed by atoms with Gasteiger partial charge in [-0.05, 0) is 36.8 Å². The van der Waals surface area contributed by atoms with Gasteiger partial charge in [0.25, 0.3) is 5.91 Å². The molecule has 158 valence electrons. The molecule has 1 amide bonds. The van der Waals surface area contributed by atoms with Gasteiger partial charge in [0, 0.05) is 30.4 Å². The predicted octanol–water partition coefficient (Wildman–Crippen LogP) is 4.07. The molecule has 0 aliphatic rings. The smallest absolute Gasteiger partial charge is 0.294 e. The van der Waals surface area contributed by atoms with E-state index in [-0.39, 0.29) is 10.7 Å². The summed E-state index contributed by atoms with van der Waals surface area (Å²) in [5.74, 6) is -1.11. The fraction of sp³-hybridized carbons (Fsp3) is 0.238. The van der Waals surface area contributed by atoms with Crippen molar-refractivity contribution in [2.45, 2.75) is 25.7 Å². The summed E-state index contributed by atoms with van der Waals surface area (Å²) < 4.78 is 45.5. The number of aromatic nitrogens is 1. The molecule has 0 saturated carbocycles. The van der Waals surface area contributed by atoms with E-state index in [0.29, 0.717) is 35.6 Å². The summed E-state index contributed by atoms with van der Waals surface area (Å²) in [5.41, 5.74) is 1.67. The van der Waals surface area contributed by atoms with Crippen LogP contribution >= 0.6 is 0 Å². The van der Waals surface area contributed by atoms with Gasteiger partial charge in [0.2, 0.25) is 15.8 Å². The lowest BCUT2D eigenvalue weighted by Gasteiger charge is -2.20. The van der Waals surface area contributed by atoms with E-state index in [1.54, 1.807) is 39.0 Å². The largest absolute Gasteiger partial charge is 0.350 e. The lowest BCUT2D eigenvalue weighted by atomic mass is 10.1. The van der Waals surface area contributed by atoms with Crippen molar-refractivity contribution in [3.05, 3.63) is 65.7 Å². The fourth-order valence-electron chi connectivity index (χ4n) is 3.02. The highest BCUT2D eigenvalue weighted by atomic mass is 32.2. The molecule has 0 bridgehead atoms. The SMILES string of the molecule is CCN(CC)S(=O)(=O)c1cc(NC(=O)c2cc(-c3cccc(F)c3)no2)ccc1C. The highest BCUT2D eigenvalue weighted by molar-refractivity contribution is 7.89. The van der Waals surface area contributed by atoms with E-state index in [2.05, 4.69) is 10.5 Å². The third-order valence-corrected chi connectivity index (χ3v) is 6.82. The minimum absolute atomic E-state index is 0.0806. The zero-order valence-electron chi connectivity index (χ0n) is 16.8. The average Bonchev–Trinajstić information content (AvgIpc) is 3.20. The number of carbonyl (C=O) groups is 1. The van der Waals surface area contributed by atoms with Crippen LogP contribution in [0.25, 0.3) is 11.3 Å². The van der Waals surface area contributed by atoms with Gasteiger partial charge in [-0.25, -0.2) is 12.8 Å². The highest BCUT2D eigenvalue weighted by Crippen LogP contribution is 2.25. The Morgan fingerprint density at radius 1 is 1.13 bits per heavy atom. The third-order valence-electron chi connectivity index (χ3n) is 4.62. The monoisotopic (exact) mass is 431 g/mol. The van der Waals surface area contributed by atoms with Crippen LogP contribution in [-0.2, 0) is 10.0 Å². The van der Waals surface area contributed by atoms with Gasteiger partial charge in [0.1, 0.15) is 11.5 Å². The molecule has 1 aromatic heterocycles. The van der Waals surface area contributed by atoms with Crippen molar-refractivity contribution in [1.82, 2.24) is 9.46 Å². The van der Waals surface area contributed by atoms with Gasteiger partial charge in [0.15, 0.2) is 0 Å². The summed E-state index contributed by atoms with van der Waals surface area (Å²) in [6.45, 7) is 5.92. The number of rotatable bonds is 7. The molecule has 30 heavy (non-hydrogen) atoms. The minimum atomic E-state index is -3.68. The average molecular weight is 431 g/mol. The summed E-state index contributed by atoms with van der Waals surface area (Å²) in [6.07, 6.45) is 0. The first-order chi connectivity index (χ1) is 14.3. The number of hydrogen-bond acceptors (Lipinski definition) is 5. The Bertz CT molecular complexity index is 1170. The van der Waals surface area contributed by atoms with Crippen molar-refractivity contribution in [3.63, 3.8) is 0 Å². The Morgan fingerprint density at radius 2 is 1.87 bits per heavy atom. The van der Waals surface area contributed by atoms with Gasteiger partial charge < -0.3 is 9.84 Å². The first-order valence-corrected chi connectivity index (χ1v) is 10.8. The zero-order chi connectivity index (χ0) is 21.9. The molecule has 0 unspecified atom stereocenters. The number of nitrogens with one attached hydrogen (secondary N) is 1. The molecule has 9 heteroatoms. The Balaban J connectivity index is 1.84. The van der Waals surface area contributed by atoms with Gasteiger partial charge >= 0.3 is 0 Å². The van der Waals surface area contributed by atoms with Gasteiger partial charge in [0.05, 0.1) is 4.90 Å². The van der Waals surface area contributed by atoms with Gasteiger partial charge in [-0.2, -0.15) is 4.31 Å². The number of amides is 1. The highest BCUT2D eigenvalue weighted by Gasteiger charge is 2.24. The van der Waals surface area contributed by atoms with E-state index in [1.165, 1.54) is 34.6 Å². The van der Waals surface area contributed by atoms with Crippen molar-refractivity contribution >= 4 is 21.6 Å². The number of nitrogens with zero attached hydrogens (tertiary/aromatic N) is 2. The quantitative estimate of drug-likeness (QED) is 0.609. The summed E-state index contributed by atoms with van der Waals surface area (Å²) in [4.78, 5) is 12.7. The van der Waals surface area contributed by atoms with Gasteiger partial charge in [-0.3, -0.25) is 4.79 Å². The first-order valence-electron chi connectivity index (χ1n) is 9.41. The number of sulfonamides is 1. The van der Waals surface area contributed by atoms with E-state index >= 15 is 0 Å². The number of aryl methyl sites for hydroxylation is 1. The molecule has 0 spiro atoms. The second-order valence-corrected chi connectivity index (χ2v) is 8.52. The lowest BCUT2D eigenvalue weighted by Crippen LogP contribution is -2.31. The van der Waals surface area contributed by atoms with Crippen LogP contribution in [0.3, 0.4) is 0 Å². The summed E-state index contributed by atoms with van der Waals surface area (Å²) >= 11 is 0. The van der Waals surface area contributed by atoms with E-state index in [4.69, 9.17) is 4.52 Å². The standard InChI is InChI=1S/C21H22FN3O4S/c1-4-25(5-2)30(27,28)20-12-17(10-9-14(20)3)23-21(26)19-13-18(24-29-19)15-7-6-8-16(22)11-15/h6-13H,4-5H2,1-3H3,(H,23,26). The van der Waals surface area contributed by atoms with Gasteiger partial charge in [-0.1, -0.05) is 37.2 Å². The molecule has 0 fully saturated rings. The molecule has 1 heterocycles. The normalized spacial score (nSPS) is 11.6. The summed E-state index contributed by atoms with van der Waals surface area (Å²) in [6, 6.07) is 11.8. The predicted molar refractivity (Wildman–Crippen MR) is 111 cm³/mol. The van der Waals surface area contributed by atoms with E-state index in [0.717, 1.165) is 0 Å². The maximum Gasteiger partial charge on any atom is 0.294 e. The number of carbonyl (C=O) groups excluding carboxylic acids is 1. The molecule has 0 radical (unpaired) electrons. The summed E-state index contributed by atoms with van der Waals surface area (Å²) in [5, 5.41) is 6.42. The Morgan fingerprint density at radius 3 is 2.53 bits per heavy atom. The van der Waals surface area contributed by atoms with E-state index in [9.17, 15) is 17.6 Å². The molecule has 0 aliphatic heterocycles. The van der Waals surface area contributed by atoms with Crippen LogP contribution in [0.15, 0.2) is 57.9 Å². The minimum Gasteiger partial charge on any atom is -0.350 e. The van der Waals surface area contributed by atoms with Crippen LogP contribution in [0.1, 0.15) is 30.0 Å². The third kappa shape index (κ3) is 4.42. The molecule has 0 atom stereocenters. The molecule has 2 aromatic carbocycles. The van der Waals surface area contributed by atoms with Crippen molar-refractivity contribution < 1.29 is 22.1 Å². The molecule has 3 rings (SSSR count). The first kappa shape index (κ1) is 21.7. The molecule has 1 N–H and O–H groups in total. The number of anilines is 1. The Kier molecular flexibility index (Phi) is 6.33. The zero-order valence-corrected chi connectivity index (χ0v) is 17.7. The second-order valence-electron chi connectivity index (χ2n) is 6.61. The lowest BCUT2D eigenvalue weighted by molar-refractivity contribution is 0.0988. The Hall–Kier alpha value is -3.04. The fourth-order valence-corrected chi connectivity index (χ4v) is 4.73. The van der Waals surface area contributed by atoms with Crippen LogP contribution in [-0.4, -0.2) is 36.9 Å². The molecule has 0 saturated heterocycles. The van der Waals surface area contributed by atoms with Crippen LogP contribution in [0.4, 0.5) is 10.1 Å². The molecular weight excluding hydrogens is 409 g/mol. The van der Waals surface area contributed by atoms with Crippen molar-refractivity contribution in [1.29, 1.82) is 0 Å². The van der Waals surface area contributed by atoms with Crippen LogP contribution in [0, 0.1) is 12.7 Å². The second kappa shape index (κ2) is 8.76. The maximum atomic E-state index is 13.4. The number of benzene rings is 2. The van der Waals surface area contributed by atoms with Crippen molar-refractivity contribution in [2.24, 2.45) is 0 Å². The van der Waals surface area contributed by atoms with Gasteiger partial charge in [-0.15, -0.1) is 0 Å². The molecule has 0 aliphatic carbocycles. The molecule has 7 nitrogen and oxygen atoms in total. The van der Waals surface area contributed by atoms with Crippen molar-refractivity contribution in [2.75, 3.05) is 18.4 Å². The number of hydrogen-bond donors (Lipinski definition) is 1. The Labute approximate surface area is 174 Å². The number of halogens is 1. The van der Waals surface area contributed by atoms with E-state index < -0.39 is 21.7 Å². The van der Waals surface area contributed by atoms with Crippen LogP contribution in [0.2, 0.25) is 0 Å². The molecular formula is C21H22FN3O4S. The maximum absolute atomic E-state index is 13.4. The molecule has 3 aromatic rings. The topological polar surface area (TPSA) is 92.5 Å².